The van der Waals surface area contributed by atoms with Gasteiger partial charge in [-0.2, -0.15) is 9.61 Å². The third-order valence-electron chi connectivity index (χ3n) is 4.77. The quantitative estimate of drug-likeness (QED) is 0.830. The molecule has 2 N–H and O–H groups in total. The predicted molar refractivity (Wildman–Crippen MR) is 98.2 cm³/mol. The van der Waals surface area contributed by atoms with Crippen LogP contribution in [0.1, 0.15) is 55.5 Å². The molecular weight excluding hydrogens is 332 g/mol. The van der Waals surface area contributed by atoms with Crippen molar-refractivity contribution < 1.29 is 9.90 Å². The standard InChI is InChI=1S/C19H24N4O3/c1-11(2)10-22-17-13(6-5-12-3-4-12)9-20-23(17)19(26)15(18(22)25)16(24)21-14-7-8-14/h5-6,9,11-12,14,26H,3-4,7-8,10H2,1-2H3,(H,21,24). The van der Waals surface area contributed by atoms with E-state index in [1.807, 2.05) is 19.9 Å². The van der Waals surface area contributed by atoms with Gasteiger partial charge in [0, 0.05) is 18.2 Å². The Labute approximate surface area is 151 Å². The lowest BCUT2D eigenvalue weighted by Crippen LogP contribution is -2.36. The summed E-state index contributed by atoms with van der Waals surface area (Å²) in [5.74, 6) is -0.128. The molecule has 2 aromatic heterocycles. The molecule has 2 heterocycles. The number of allylic oxidation sites excluding steroid dienone is 1. The predicted octanol–water partition coefficient (Wildman–Crippen LogP) is 2.17. The molecule has 138 valence electrons. The van der Waals surface area contributed by atoms with Gasteiger partial charge < -0.3 is 10.4 Å². The van der Waals surface area contributed by atoms with Crippen LogP contribution in [0.3, 0.4) is 0 Å². The van der Waals surface area contributed by atoms with Crippen molar-refractivity contribution in [1.82, 2.24) is 19.5 Å². The van der Waals surface area contributed by atoms with Crippen molar-refractivity contribution in [3.63, 3.8) is 0 Å². The summed E-state index contributed by atoms with van der Waals surface area (Å²) in [5, 5.41) is 17.6. The van der Waals surface area contributed by atoms with Crippen LogP contribution >= 0.6 is 0 Å². The second-order valence-corrected chi connectivity index (χ2v) is 7.79. The van der Waals surface area contributed by atoms with Gasteiger partial charge in [-0.05, 0) is 37.5 Å². The Bertz CT molecular complexity index is 946. The third kappa shape index (κ3) is 3.13. The fourth-order valence-electron chi connectivity index (χ4n) is 3.08. The zero-order chi connectivity index (χ0) is 18.4. The van der Waals surface area contributed by atoms with Crippen molar-refractivity contribution in [1.29, 1.82) is 0 Å². The Morgan fingerprint density at radius 2 is 2.12 bits per heavy atom. The molecule has 0 spiro atoms. The zero-order valence-electron chi connectivity index (χ0n) is 15.1. The molecule has 0 unspecified atom stereocenters. The van der Waals surface area contributed by atoms with Gasteiger partial charge in [-0.3, -0.25) is 14.2 Å². The number of hydrogen-bond donors (Lipinski definition) is 2. The molecule has 26 heavy (non-hydrogen) atoms. The van der Waals surface area contributed by atoms with Gasteiger partial charge in [-0.25, -0.2) is 0 Å². The number of carbonyl (C=O) groups is 1. The summed E-state index contributed by atoms with van der Waals surface area (Å²) in [6, 6.07) is 0.102. The van der Waals surface area contributed by atoms with Crippen molar-refractivity contribution in [2.24, 2.45) is 11.8 Å². The Morgan fingerprint density at radius 1 is 1.38 bits per heavy atom. The topological polar surface area (TPSA) is 88.6 Å². The molecule has 2 aliphatic carbocycles. The number of aromatic nitrogens is 3. The molecule has 2 aromatic rings. The van der Waals surface area contributed by atoms with Crippen LogP contribution < -0.4 is 10.9 Å². The average molecular weight is 356 g/mol. The smallest absolute Gasteiger partial charge is 0.270 e. The second kappa shape index (κ2) is 6.30. The molecule has 0 aromatic carbocycles. The molecule has 0 aliphatic heterocycles. The maximum absolute atomic E-state index is 13.1. The van der Waals surface area contributed by atoms with E-state index < -0.39 is 17.3 Å². The van der Waals surface area contributed by atoms with Crippen LogP contribution in [-0.4, -0.2) is 31.2 Å². The first-order chi connectivity index (χ1) is 12.5. The van der Waals surface area contributed by atoms with Gasteiger partial charge in [0.15, 0.2) is 5.56 Å². The molecule has 7 heteroatoms. The number of fused-ring (bicyclic) bond motifs is 1. The van der Waals surface area contributed by atoms with Crippen molar-refractivity contribution in [2.45, 2.75) is 52.1 Å². The van der Waals surface area contributed by atoms with Gasteiger partial charge in [-0.1, -0.05) is 26.0 Å². The Morgan fingerprint density at radius 3 is 2.73 bits per heavy atom. The van der Waals surface area contributed by atoms with Gasteiger partial charge in [-0.15, -0.1) is 0 Å². The highest BCUT2D eigenvalue weighted by Crippen LogP contribution is 2.31. The van der Waals surface area contributed by atoms with E-state index in [-0.39, 0.29) is 17.5 Å². The van der Waals surface area contributed by atoms with Crippen LogP contribution in [-0.2, 0) is 6.54 Å². The van der Waals surface area contributed by atoms with E-state index in [9.17, 15) is 14.7 Å². The van der Waals surface area contributed by atoms with Gasteiger partial charge in [0.1, 0.15) is 5.65 Å². The minimum atomic E-state index is -0.528. The summed E-state index contributed by atoms with van der Waals surface area (Å²) in [7, 11) is 0. The molecule has 0 saturated heterocycles. The maximum Gasteiger partial charge on any atom is 0.270 e. The van der Waals surface area contributed by atoms with Gasteiger partial charge in [0.25, 0.3) is 11.5 Å². The van der Waals surface area contributed by atoms with Crippen molar-refractivity contribution >= 4 is 17.6 Å². The highest BCUT2D eigenvalue weighted by Gasteiger charge is 2.29. The number of nitrogens with one attached hydrogen (secondary N) is 1. The van der Waals surface area contributed by atoms with E-state index in [1.54, 1.807) is 10.8 Å². The molecule has 0 bridgehead atoms. The first-order valence-electron chi connectivity index (χ1n) is 9.28. The van der Waals surface area contributed by atoms with E-state index in [4.69, 9.17) is 0 Å². The van der Waals surface area contributed by atoms with Gasteiger partial charge >= 0.3 is 0 Å². The fraction of sp³-hybridized carbons (Fsp3) is 0.526. The van der Waals surface area contributed by atoms with Crippen LogP contribution in [0.4, 0.5) is 0 Å². The van der Waals surface area contributed by atoms with Crippen LogP contribution in [0.25, 0.3) is 11.7 Å². The molecule has 0 atom stereocenters. The largest absolute Gasteiger partial charge is 0.492 e. The van der Waals surface area contributed by atoms with Crippen molar-refractivity contribution in [3.8, 4) is 5.88 Å². The molecule has 2 saturated carbocycles. The first kappa shape index (κ1) is 16.9. The van der Waals surface area contributed by atoms with E-state index in [2.05, 4.69) is 16.5 Å². The highest BCUT2D eigenvalue weighted by molar-refractivity contribution is 5.96. The monoisotopic (exact) mass is 356 g/mol. The number of rotatable bonds is 6. The highest BCUT2D eigenvalue weighted by atomic mass is 16.3. The molecular formula is C19H24N4O3. The van der Waals surface area contributed by atoms with Crippen molar-refractivity contribution in [3.05, 3.63) is 33.8 Å². The lowest BCUT2D eigenvalue weighted by Gasteiger charge is -2.15. The molecule has 2 aliphatic rings. The summed E-state index contributed by atoms with van der Waals surface area (Å²) in [5.41, 5.74) is 0.606. The van der Waals surface area contributed by atoms with Gasteiger partial charge in [0.05, 0.1) is 6.20 Å². The Hall–Kier alpha value is -2.57. The summed E-state index contributed by atoms with van der Waals surface area (Å²) >= 11 is 0. The molecule has 7 nitrogen and oxygen atoms in total. The summed E-state index contributed by atoms with van der Waals surface area (Å²) in [6.45, 7) is 4.47. The maximum atomic E-state index is 13.1. The van der Waals surface area contributed by atoms with E-state index in [0.717, 1.165) is 18.4 Å². The second-order valence-electron chi connectivity index (χ2n) is 7.79. The Balaban J connectivity index is 1.88. The Kier molecular flexibility index (Phi) is 4.09. The summed E-state index contributed by atoms with van der Waals surface area (Å²) in [4.78, 5) is 25.6. The number of hydrogen-bond acceptors (Lipinski definition) is 4. The molecule has 4 rings (SSSR count). The molecule has 2 fully saturated rings. The summed E-state index contributed by atoms with van der Waals surface area (Å²) < 4.78 is 2.87. The minimum absolute atomic E-state index is 0.102. The minimum Gasteiger partial charge on any atom is -0.492 e. The van der Waals surface area contributed by atoms with E-state index in [0.29, 0.717) is 18.1 Å². The van der Waals surface area contributed by atoms with Crippen LogP contribution in [0.15, 0.2) is 17.1 Å². The van der Waals surface area contributed by atoms with Crippen molar-refractivity contribution in [2.75, 3.05) is 0 Å². The third-order valence-corrected chi connectivity index (χ3v) is 4.77. The number of amides is 1. The molecule has 1 amide bonds. The lowest BCUT2D eigenvalue weighted by atomic mass is 10.2. The fourth-order valence-corrected chi connectivity index (χ4v) is 3.08. The lowest BCUT2D eigenvalue weighted by molar-refractivity contribution is 0.0944. The first-order valence-corrected chi connectivity index (χ1v) is 9.28. The number of nitrogens with zero attached hydrogens (tertiary/aromatic N) is 3. The van der Waals surface area contributed by atoms with E-state index >= 15 is 0 Å². The number of carbonyl (C=O) groups excluding carboxylic acids is 1. The van der Waals surface area contributed by atoms with Crippen LogP contribution in [0.5, 0.6) is 5.88 Å². The van der Waals surface area contributed by atoms with Crippen LogP contribution in [0, 0.1) is 11.8 Å². The van der Waals surface area contributed by atoms with Gasteiger partial charge in [0.2, 0.25) is 5.88 Å². The normalized spacial score (nSPS) is 17.5. The summed E-state index contributed by atoms with van der Waals surface area (Å²) in [6.07, 6.45) is 9.90. The SMILES string of the molecule is CC(C)Cn1c(=O)c(C(=O)NC2CC2)c(O)n2ncc(C=CC3CC3)c12. The average Bonchev–Trinajstić information content (AvgIpc) is 3.50. The van der Waals surface area contributed by atoms with E-state index in [1.165, 1.54) is 17.4 Å². The van der Waals surface area contributed by atoms with Crippen LogP contribution in [0.2, 0.25) is 0 Å². The zero-order valence-corrected chi connectivity index (χ0v) is 15.1. The molecule has 0 radical (unpaired) electrons. The number of aromatic hydroxyl groups is 1.